The predicted molar refractivity (Wildman–Crippen MR) is 141 cm³/mol. The zero-order valence-corrected chi connectivity index (χ0v) is 22.6. The van der Waals surface area contributed by atoms with Gasteiger partial charge in [-0.05, 0) is 68.8 Å². The molecule has 1 saturated heterocycles. The summed E-state index contributed by atoms with van der Waals surface area (Å²) in [7, 11) is -3.93. The van der Waals surface area contributed by atoms with Gasteiger partial charge in [0.2, 0.25) is 0 Å². The molecular weight excluding hydrogens is 539 g/mol. The Morgan fingerprint density at radius 2 is 1.82 bits per heavy atom. The summed E-state index contributed by atoms with van der Waals surface area (Å²) in [6, 6.07) is 10.4. The van der Waals surface area contributed by atoms with E-state index in [1.165, 1.54) is 16.4 Å². The maximum absolute atomic E-state index is 13.7. The Hall–Kier alpha value is -1.16. The topological polar surface area (TPSA) is 77.9 Å². The second-order valence-corrected chi connectivity index (χ2v) is 12.5. The van der Waals surface area contributed by atoms with Crippen molar-refractivity contribution in [1.82, 2.24) is 4.90 Å². The number of sulfonamides is 1. The molecule has 186 valence electrons. The van der Waals surface area contributed by atoms with Crippen LogP contribution in [0.1, 0.15) is 32.6 Å². The average Bonchev–Trinajstić information content (AvgIpc) is 3.20. The smallest absolute Gasteiger partial charge is 0.305 e. The van der Waals surface area contributed by atoms with Gasteiger partial charge in [-0.25, -0.2) is 8.42 Å². The molecule has 0 saturated carbocycles. The van der Waals surface area contributed by atoms with Crippen LogP contribution >= 0.6 is 46.6 Å². The molecule has 2 aromatic rings. The van der Waals surface area contributed by atoms with Gasteiger partial charge in [-0.2, -0.15) is 0 Å². The molecule has 6 nitrogen and oxygen atoms in total. The molecule has 1 aliphatic rings. The maximum atomic E-state index is 13.7. The summed E-state index contributed by atoms with van der Waals surface area (Å²) >= 11 is 20.2. The van der Waals surface area contributed by atoms with E-state index in [2.05, 4.69) is 4.90 Å². The number of rotatable bonds is 11. The van der Waals surface area contributed by atoms with Crippen molar-refractivity contribution >= 4 is 68.2 Å². The Morgan fingerprint density at radius 3 is 2.50 bits per heavy atom. The van der Waals surface area contributed by atoms with Crippen molar-refractivity contribution in [1.29, 1.82) is 0 Å². The van der Waals surface area contributed by atoms with Crippen LogP contribution in [0.2, 0.25) is 15.1 Å². The van der Waals surface area contributed by atoms with Gasteiger partial charge < -0.3 is 5.11 Å². The summed E-state index contributed by atoms with van der Waals surface area (Å²) in [5, 5.41) is 10.2. The van der Waals surface area contributed by atoms with Gasteiger partial charge in [0.1, 0.15) is 0 Å². The van der Waals surface area contributed by atoms with Crippen LogP contribution in [0, 0.1) is 0 Å². The Bertz CT molecular complexity index is 1100. The summed E-state index contributed by atoms with van der Waals surface area (Å²) in [5.74, 6) is 0.133. The number of benzene rings is 2. The quantitative estimate of drug-likeness (QED) is 0.325. The van der Waals surface area contributed by atoms with Gasteiger partial charge in [-0.3, -0.25) is 14.0 Å². The molecule has 3 rings (SSSR count). The molecule has 1 N–H and O–H groups in total. The van der Waals surface area contributed by atoms with E-state index in [-0.39, 0.29) is 22.7 Å². The van der Waals surface area contributed by atoms with E-state index in [0.29, 0.717) is 27.2 Å². The van der Waals surface area contributed by atoms with Crippen molar-refractivity contribution < 1.29 is 18.3 Å². The van der Waals surface area contributed by atoms with E-state index in [0.717, 1.165) is 31.7 Å². The minimum atomic E-state index is -3.93. The minimum Gasteiger partial charge on any atom is -0.481 e. The Labute approximate surface area is 220 Å². The van der Waals surface area contributed by atoms with Crippen molar-refractivity contribution in [3.05, 3.63) is 57.5 Å². The molecule has 0 aliphatic carbocycles. The third-order valence-electron chi connectivity index (χ3n) is 5.68. The van der Waals surface area contributed by atoms with E-state index in [1.54, 1.807) is 42.1 Å². The molecule has 2 unspecified atom stereocenters. The largest absolute Gasteiger partial charge is 0.481 e. The van der Waals surface area contributed by atoms with E-state index < -0.39 is 16.0 Å². The third-order valence-corrected chi connectivity index (χ3v) is 9.70. The molecule has 2 atom stereocenters. The van der Waals surface area contributed by atoms with Gasteiger partial charge in [-0.1, -0.05) is 41.2 Å². The van der Waals surface area contributed by atoms with Gasteiger partial charge in [-0.15, -0.1) is 11.8 Å². The molecule has 0 aromatic heterocycles. The maximum Gasteiger partial charge on any atom is 0.305 e. The number of nitrogens with zero attached hydrogens (tertiary/aromatic N) is 2. The van der Waals surface area contributed by atoms with Crippen LogP contribution in [-0.4, -0.2) is 54.7 Å². The predicted octanol–water partition coefficient (Wildman–Crippen LogP) is 6.25. The molecule has 0 bridgehead atoms. The van der Waals surface area contributed by atoms with Crippen molar-refractivity contribution in [2.24, 2.45) is 0 Å². The number of halogens is 3. The number of hydrogen-bond acceptors (Lipinski definition) is 5. The number of hydrogen-bond donors (Lipinski definition) is 1. The van der Waals surface area contributed by atoms with Gasteiger partial charge in [0.05, 0.1) is 27.4 Å². The fourth-order valence-corrected chi connectivity index (χ4v) is 7.54. The summed E-state index contributed by atoms with van der Waals surface area (Å²) < 4.78 is 28.6. The molecule has 34 heavy (non-hydrogen) atoms. The molecule has 0 amide bonds. The molecule has 0 spiro atoms. The van der Waals surface area contributed by atoms with Crippen molar-refractivity contribution in [3.63, 3.8) is 0 Å². The number of carbonyl (C=O) groups is 1. The SMILES string of the molecule is CC(CCCCN1CCSC1CC(=O)O)N(c1cc(Cl)ccc1Cl)S(=O)(=O)c1ccc(Cl)cc1. The zero-order valence-electron chi connectivity index (χ0n) is 18.7. The van der Waals surface area contributed by atoms with Crippen molar-refractivity contribution in [2.45, 2.75) is 48.9 Å². The van der Waals surface area contributed by atoms with Crippen LogP contribution in [0.3, 0.4) is 0 Å². The molecule has 1 heterocycles. The van der Waals surface area contributed by atoms with Crippen LogP contribution in [0.4, 0.5) is 5.69 Å². The molecule has 1 aliphatic heterocycles. The molecule has 2 aromatic carbocycles. The first kappa shape index (κ1) is 27.4. The summed E-state index contributed by atoms with van der Waals surface area (Å²) in [4.78, 5) is 13.4. The lowest BCUT2D eigenvalue weighted by molar-refractivity contribution is -0.137. The van der Waals surface area contributed by atoms with Crippen LogP contribution in [-0.2, 0) is 14.8 Å². The van der Waals surface area contributed by atoms with E-state index >= 15 is 0 Å². The van der Waals surface area contributed by atoms with Crippen LogP contribution < -0.4 is 4.31 Å². The van der Waals surface area contributed by atoms with Gasteiger partial charge in [0.15, 0.2) is 0 Å². The fourth-order valence-electron chi connectivity index (χ4n) is 4.00. The Morgan fingerprint density at radius 1 is 1.15 bits per heavy atom. The first-order chi connectivity index (χ1) is 16.1. The standard InChI is InChI=1S/C23H27Cl3N2O4S2/c1-16(4-2-3-11-27-12-13-33-22(27)15-23(29)30)28(21-14-18(25)7-10-20(21)26)34(31,32)19-8-5-17(24)6-9-19/h5-10,14,16,22H,2-4,11-13,15H2,1H3,(H,29,30). The molecular formula is C23H27Cl3N2O4S2. The first-order valence-corrected chi connectivity index (χ1v) is 14.5. The minimum absolute atomic E-state index is 0.00183. The normalized spacial score (nSPS) is 17.6. The summed E-state index contributed by atoms with van der Waals surface area (Å²) in [6.45, 7) is 3.50. The van der Waals surface area contributed by atoms with Crippen LogP contribution in [0.5, 0.6) is 0 Å². The lowest BCUT2D eigenvalue weighted by atomic mass is 10.1. The summed E-state index contributed by atoms with van der Waals surface area (Å²) in [6.07, 6.45) is 2.33. The highest BCUT2D eigenvalue weighted by molar-refractivity contribution is 8.00. The molecule has 11 heteroatoms. The molecule has 0 radical (unpaired) electrons. The van der Waals surface area contributed by atoms with E-state index in [1.807, 2.05) is 6.92 Å². The zero-order chi connectivity index (χ0) is 24.9. The number of carboxylic acid groups (broad SMARTS) is 1. The highest BCUT2D eigenvalue weighted by Crippen LogP contribution is 2.36. The monoisotopic (exact) mass is 564 g/mol. The Balaban J connectivity index is 1.75. The lowest BCUT2D eigenvalue weighted by Gasteiger charge is -2.31. The second-order valence-electron chi connectivity index (χ2n) is 8.15. The Kier molecular flexibility index (Phi) is 9.83. The highest BCUT2D eigenvalue weighted by atomic mass is 35.5. The van der Waals surface area contributed by atoms with E-state index in [9.17, 15) is 13.2 Å². The average molecular weight is 566 g/mol. The number of aliphatic carboxylic acids is 1. The van der Waals surface area contributed by atoms with E-state index in [4.69, 9.17) is 39.9 Å². The molecule has 1 fully saturated rings. The number of unbranched alkanes of at least 4 members (excludes halogenated alkanes) is 1. The van der Waals surface area contributed by atoms with Crippen LogP contribution in [0.25, 0.3) is 0 Å². The lowest BCUT2D eigenvalue weighted by Crippen LogP contribution is -2.39. The highest BCUT2D eigenvalue weighted by Gasteiger charge is 2.31. The van der Waals surface area contributed by atoms with Crippen LogP contribution in [0.15, 0.2) is 47.4 Å². The van der Waals surface area contributed by atoms with Gasteiger partial charge in [0.25, 0.3) is 10.0 Å². The number of thioether (sulfide) groups is 1. The van der Waals surface area contributed by atoms with Gasteiger partial charge >= 0.3 is 5.97 Å². The summed E-state index contributed by atoms with van der Waals surface area (Å²) in [5.41, 5.74) is 0.328. The third kappa shape index (κ3) is 6.95. The number of anilines is 1. The van der Waals surface area contributed by atoms with Crippen molar-refractivity contribution in [3.8, 4) is 0 Å². The van der Waals surface area contributed by atoms with Crippen molar-refractivity contribution in [2.75, 3.05) is 23.1 Å². The number of carboxylic acids is 1. The first-order valence-electron chi connectivity index (χ1n) is 10.9. The van der Waals surface area contributed by atoms with Gasteiger partial charge in [0, 0.05) is 28.4 Å². The second kappa shape index (κ2) is 12.2. The fraction of sp³-hybridized carbons (Fsp3) is 0.435.